The Bertz CT molecular complexity index is 1020. The molecule has 1 aliphatic heterocycles. The highest BCUT2D eigenvalue weighted by atomic mass is 32.2. The molecule has 0 bridgehead atoms. The number of rotatable bonds is 8. The van der Waals surface area contributed by atoms with E-state index in [0.717, 1.165) is 24.8 Å². The van der Waals surface area contributed by atoms with E-state index in [-0.39, 0.29) is 10.8 Å². The van der Waals surface area contributed by atoms with E-state index in [9.17, 15) is 13.2 Å². The number of aryl methyl sites for hydroxylation is 1. The van der Waals surface area contributed by atoms with Gasteiger partial charge in [-0.2, -0.15) is 4.31 Å². The Kier molecular flexibility index (Phi) is 7.56. The number of sulfonamides is 1. The van der Waals surface area contributed by atoms with Crippen LogP contribution in [-0.2, 0) is 14.8 Å². The second kappa shape index (κ2) is 10.2. The summed E-state index contributed by atoms with van der Waals surface area (Å²) in [5.41, 5.74) is 1.23. The summed E-state index contributed by atoms with van der Waals surface area (Å²) < 4.78 is 38.8. The Balaban J connectivity index is 1.83. The van der Waals surface area contributed by atoms with Crippen molar-refractivity contribution in [3.8, 4) is 11.5 Å². The maximum atomic E-state index is 13.0. The lowest BCUT2D eigenvalue weighted by molar-refractivity contribution is -0.122. The molecular formula is C23H30N2O5S. The van der Waals surface area contributed by atoms with Gasteiger partial charge in [0.15, 0.2) is 6.10 Å². The van der Waals surface area contributed by atoms with E-state index in [0.29, 0.717) is 36.7 Å². The average molecular weight is 447 g/mol. The van der Waals surface area contributed by atoms with Crippen molar-refractivity contribution in [3.05, 3.63) is 48.0 Å². The predicted octanol–water partition coefficient (Wildman–Crippen LogP) is 3.97. The van der Waals surface area contributed by atoms with E-state index in [4.69, 9.17) is 9.47 Å². The summed E-state index contributed by atoms with van der Waals surface area (Å²) in [6.07, 6.45) is 2.47. The van der Waals surface area contributed by atoms with Gasteiger partial charge in [-0.3, -0.25) is 4.79 Å². The number of nitrogens with one attached hydrogen (secondary N) is 1. The van der Waals surface area contributed by atoms with E-state index in [1.165, 1.54) is 23.5 Å². The first-order chi connectivity index (χ1) is 14.9. The van der Waals surface area contributed by atoms with Crippen LogP contribution in [-0.4, -0.2) is 44.9 Å². The molecule has 0 radical (unpaired) electrons. The van der Waals surface area contributed by atoms with Gasteiger partial charge in [0.25, 0.3) is 5.91 Å². The SMILES string of the molecule is CC[C@H](Oc1ccccc1C)C(=O)Nc1cc(S(=O)(=O)N2CCCCC2)ccc1OC. The highest BCUT2D eigenvalue weighted by Crippen LogP contribution is 2.30. The van der Waals surface area contributed by atoms with Gasteiger partial charge in [-0.05, 0) is 56.0 Å². The minimum absolute atomic E-state index is 0.137. The second-order valence-corrected chi connectivity index (χ2v) is 9.53. The molecule has 1 atom stereocenters. The zero-order valence-corrected chi connectivity index (χ0v) is 19.1. The summed E-state index contributed by atoms with van der Waals surface area (Å²) in [5.74, 6) is 0.658. The standard InChI is InChI=1S/C23H30N2O5S/c1-4-20(30-21-11-7-6-10-17(21)2)23(26)24-19-16-18(12-13-22(19)29-3)31(27,28)25-14-8-5-9-15-25/h6-7,10-13,16,20H,4-5,8-9,14-15H2,1-3H3,(H,24,26)/t20-/m0/s1. The fourth-order valence-electron chi connectivity index (χ4n) is 3.58. The van der Waals surface area contributed by atoms with Crippen LogP contribution in [0.2, 0.25) is 0 Å². The molecule has 1 amide bonds. The number of amides is 1. The molecule has 8 heteroatoms. The van der Waals surface area contributed by atoms with Gasteiger partial charge in [0.05, 0.1) is 17.7 Å². The number of hydrogen-bond acceptors (Lipinski definition) is 5. The highest BCUT2D eigenvalue weighted by molar-refractivity contribution is 7.89. The Morgan fingerprint density at radius 3 is 2.45 bits per heavy atom. The van der Waals surface area contributed by atoms with Crippen LogP contribution in [0.25, 0.3) is 0 Å². The number of anilines is 1. The summed E-state index contributed by atoms with van der Waals surface area (Å²) in [6.45, 7) is 4.80. The van der Waals surface area contributed by atoms with Crippen molar-refractivity contribution in [1.82, 2.24) is 4.31 Å². The van der Waals surface area contributed by atoms with Gasteiger partial charge in [-0.15, -0.1) is 0 Å². The topological polar surface area (TPSA) is 84.9 Å². The van der Waals surface area contributed by atoms with Gasteiger partial charge in [0.2, 0.25) is 10.0 Å². The molecule has 168 valence electrons. The molecule has 1 saturated heterocycles. The molecule has 1 N–H and O–H groups in total. The van der Waals surface area contributed by atoms with E-state index in [2.05, 4.69) is 5.32 Å². The molecule has 0 aliphatic carbocycles. The van der Waals surface area contributed by atoms with Gasteiger partial charge in [-0.1, -0.05) is 31.5 Å². The smallest absolute Gasteiger partial charge is 0.265 e. The van der Waals surface area contributed by atoms with E-state index < -0.39 is 16.1 Å². The third-order valence-corrected chi connectivity index (χ3v) is 7.30. The van der Waals surface area contributed by atoms with Gasteiger partial charge < -0.3 is 14.8 Å². The molecule has 1 aliphatic rings. The number of para-hydroxylation sites is 1. The lowest BCUT2D eigenvalue weighted by Crippen LogP contribution is -2.35. The first kappa shape index (κ1) is 23.1. The van der Waals surface area contributed by atoms with Crippen LogP contribution in [0.1, 0.15) is 38.2 Å². The lowest BCUT2D eigenvalue weighted by atomic mass is 10.2. The maximum absolute atomic E-state index is 13.0. The Hall–Kier alpha value is -2.58. The number of piperidine rings is 1. The van der Waals surface area contributed by atoms with Gasteiger partial charge >= 0.3 is 0 Å². The zero-order valence-electron chi connectivity index (χ0n) is 18.3. The number of carbonyl (C=O) groups is 1. The summed E-state index contributed by atoms with van der Waals surface area (Å²) >= 11 is 0. The minimum atomic E-state index is -3.63. The Labute approximate surface area is 184 Å². The van der Waals surface area contributed by atoms with Crippen LogP contribution in [0.3, 0.4) is 0 Å². The first-order valence-corrected chi connectivity index (χ1v) is 12.0. The van der Waals surface area contributed by atoms with E-state index in [1.54, 1.807) is 6.07 Å². The fraction of sp³-hybridized carbons (Fsp3) is 0.435. The summed E-state index contributed by atoms with van der Waals surface area (Å²) in [7, 11) is -2.15. The van der Waals surface area contributed by atoms with Crippen molar-refractivity contribution >= 4 is 21.6 Å². The summed E-state index contributed by atoms with van der Waals surface area (Å²) in [4.78, 5) is 13.1. The van der Waals surface area contributed by atoms with Crippen molar-refractivity contribution in [3.63, 3.8) is 0 Å². The van der Waals surface area contributed by atoms with Crippen molar-refractivity contribution in [2.24, 2.45) is 0 Å². The zero-order chi connectivity index (χ0) is 22.4. The van der Waals surface area contributed by atoms with Gasteiger partial charge in [0, 0.05) is 13.1 Å². The fourth-order valence-corrected chi connectivity index (χ4v) is 5.12. The number of hydrogen-bond donors (Lipinski definition) is 1. The monoisotopic (exact) mass is 446 g/mol. The number of carbonyl (C=O) groups excluding carboxylic acids is 1. The average Bonchev–Trinajstić information content (AvgIpc) is 2.79. The van der Waals surface area contributed by atoms with Crippen LogP contribution in [0, 0.1) is 6.92 Å². The van der Waals surface area contributed by atoms with Gasteiger partial charge in [-0.25, -0.2) is 8.42 Å². The van der Waals surface area contributed by atoms with Gasteiger partial charge in [0.1, 0.15) is 11.5 Å². The molecule has 7 nitrogen and oxygen atoms in total. The molecule has 31 heavy (non-hydrogen) atoms. The first-order valence-electron chi connectivity index (χ1n) is 10.6. The van der Waals surface area contributed by atoms with E-state index in [1.807, 2.05) is 38.1 Å². The minimum Gasteiger partial charge on any atom is -0.495 e. The molecule has 2 aromatic carbocycles. The van der Waals surface area contributed by atoms with Crippen molar-refractivity contribution in [2.75, 3.05) is 25.5 Å². The number of ether oxygens (including phenoxy) is 2. The highest BCUT2D eigenvalue weighted by Gasteiger charge is 2.27. The lowest BCUT2D eigenvalue weighted by Gasteiger charge is -2.26. The van der Waals surface area contributed by atoms with Crippen LogP contribution in [0.15, 0.2) is 47.4 Å². The molecule has 1 fully saturated rings. The molecule has 0 aromatic heterocycles. The van der Waals surface area contributed by atoms with Crippen LogP contribution >= 0.6 is 0 Å². The maximum Gasteiger partial charge on any atom is 0.265 e. The Morgan fingerprint density at radius 2 is 1.81 bits per heavy atom. The second-order valence-electron chi connectivity index (χ2n) is 7.60. The molecule has 0 spiro atoms. The van der Waals surface area contributed by atoms with Crippen molar-refractivity contribution in [2.45, 2.75) is 50.5 Å². The largest absolute Gasteiger partial charge is 0.495 e. The number of nitrogens with zero attached hydrogens (tertiary/aromatic N) is 1. The van der Waals surface area contributed by atoms with Crippen molar-refractivity contribution < 1.29 is 22.7 Å². The Morgan fingerprint density at radius 1 is 1.10 bits per heavy atom. The number of benzene rings is 2. The molecule has 2 aromatic rings. The molecular weight excluding hydrogens is 416 g/mol. The predicted molar refractivity (Wildman–Crippen MR) is 120 cm³/mol. The van der Waals surface area contributed by atoms with Crippen LogP contribution < -0.4 is 14.8 Å². The summed E-state index contributed by atoms with van der Waals surface area (Å²) in [6, 6.07) is 12.0. The molecule has 0 unspecified atom stereocenters. The third kappa shape index (κ3) is 5.37. The third-order valence-electron chi connectivity index (χ3n) is 5.41. The molecule has 0 saturated carbocycles. The normalized spacial score (nSPS) is 15.8. The molecule has 3 rings (SSSR count). The molecule has 1 heterocycles. The van der Waals surface area contributed by atoms with E-state index >= 15 is 0 Å². The quantitative estimate of drug-likeness (QED) is 0.663. The van der Waals surface area contributed by atoms with Crippen LogP contribution in [0.4, 0.5) is 5.69 Å². The van der Waals surface area contributed by atoms with Crippen LogP contribution in [0.5, 0.6) is 11.5 Å². The number of methoxy groups -OCH3 is 1. The van der Waals surface area contributed by atoms with Crippen molar-refractivity contribution in [1.29, 1.82) is 0 Å². The summed E-state index contributed by atoms with van der Waals surface area (Å²) in [5, 5.41) is 2.80.